The smallest absolute Gasteiger partial charge is 0.235 e. The van der Waals surface area contributed by atoms with Crippen molar-refractivity contribution in [2.45, 2.75) is 6.54 Å². The molecule has 0 atom stereocenters. The van der Waals surface area contributed by atoms with Crippen LogP contribution in [-0.4, -0.2) is 25.7 Å². The normalized spacial score (nSPS) is 11.8. The highest BCUT2D eigenvalue weighted by Crippen LogP contribution is 2.04. The van der Waals surface area contributed by atoms with Crippen LogP contribution < -0.4 is 5.32 Å². The standard InChI is InChI=1S/C7H12N2O2S/c1-8-6-7-4-3-5-9(7)12(2,10)11/h3-5,8H,6H2,1-2H3. The van der Waals surface area contributed by atoms with Crippen LogP contribution in [0.25, 0.3) is 0 Å². The van der Waals surface area contributed by atoms with Gasteiger partial charge in [-0.1, -0.05) is 0 Å². The summed E-state index contributed by atoms with van der Waals surface area (Å²) in [6.45, 7) is 0.556. The van der Waals surface area contributed by atoms with Crippen LogP contribution in [-0.2, 0) is 16.6 Å². The Morgan fingerprint density at radius 1 is 1.58 bits per heavy atom. The summed E-state index contributed by atoms with van der Waals surface area (Å²) in [7, 11) is -1.36. The van der Waals surface area contributed by atoms with Crippen LogP contribution in [0.3, 0.4) is 0 Å². The first-order valence-corrected chi connectivity index (χ1v) is 5.42. The van der Waals surface area contributed by atoms with Crippen LogP contribution in [0.4, 0.5) is 0 Å². The molecule has 0 fully saturated rings. The minimum atomic E-state index is -3.14. The van der Waals surface area contributed by atoms with E-state index in [1.807, 2.05) is 0 Å². The van der Waals surface area contributed by atoms with Crippen molar-refractivity contribution in [2.24, 2.45) is 0 Å². The van der Waals surface area contributed by atoms with Crippen LogP contribution in [0.5, 0.6) is 0 Å². The summed E-state index contributed by atoms with van der Waals surface area (Å²) in [5.41, 5.74) is 0.750. The lowest BCUT2D eigenvalue weighted by Crippen LogP contribution is -2.16. The van der Waals surface area contributed by atoms with Crippen LogP contribution in [0, 0.1) is 0 Å². The molecule has 12 heavy (non-hydrogen) atoms. The average Bonchev–Trinajstić information content (AvgIpc) is 2.34. The molecule has 0 aliphatic rings. The van der Waals surface area contributed by atoms with Crippen molar-refractivity contribution in [3.8, 4) is 0 Å². The van der Waals surface area contributed by atoms with Gasteiger partial charge in [-0.05, 0) is 19.2 Å². The number of rotatable bonds is 3. The molecule has 0 spiro atoms. The minimum Gasteiger partial charge on any atom is -0.314 e. The van der Waals surface area contributed by atoms with E-state index in [0.717, 1.165) is 5.69 Å². The fourth-order valence-corrected chi connectivity index (χ4v) is 1.89. The van der Waals surface area contributed by atoms with Crippen molar-refractivity contribution >= 4 is 10.0 Å². The first kappa shape index (κ1) is 9.28. The van der Waals surface area contributed by atoms with E-state index in [4.69, 9.17) is 0 Å². The second-order valence-electron chi connectivity index (χ2n) is 2.59. The van der Waals surface area contributed by atoms with E-state index in [0.29, 0.717) is 6.54 Å². The summed E-state index contributed by atoms with van der Waals surface area (Å²) in [5.74, 6) is 0. The molecular weight excluding hydrogens is 176 g/mol. The van der Waals surface area contributed by atoms with Crippen molar-refractivity contribution in [1.29, 1.82) is 0 Å². The Morgan fingerprint density at radius 3 is 2.75 bits per heavy atom. The largest absolute Gasteiger partial charge is 0.314 e. The van der Waals surface area contributed by atoms with E-state index in [-0.39, 0.29) is 0 Å². The van der Waals surface area contributed by atoms with Gasteiger partial charge >= 0.3 is 0 Å². The molecule has 1 aromatic heterocycles. The molecule has 0 aliphatic heterocycles. The Labute approximate surface area is 72.3 Å². The zero-order chi connectivity index (χ0) is 9.19. The molecule has 0 aromatic carbocycles. The number of hydrogen-bond acceptors (Lipinski definition) is 3. The summed E-state index contributed by atoms with van der Waals surface area (Å²) >= 11 is 0. The Morgan fingerprint density at radius 2 is 2.25 bits per heavy atom. The van der Waals surface area contributed by atoms with Gasteiger partial charge in [0.2, 0.25) is 10.0 Å². The zero-order valence-corrected chi connectivity index (χ0v) is 7.93. The van der Waals surface area contributed by atoms with Gasteiger partial charge in [-0.25, -0.2) is 12.4 Å². The molecule has 1 N–H and O–H groups in total. The van der Waals surface area contributed by atoms with Crippen molar-refractivity contribution in [3.63, 3.8) is 0 Å². The van der Waals surface area contributed by atoms with Gasteiger partial charge in [0.25, 0.3) is 0 Å². The van der Waals surface area contributed by atoms with Gasteiger partial charge in [0.15, 0.2) is 0 Å². The summed E-state index contributed by atoms with van der Waals surface area (Å²) in [6, 6.07) is 3.49. The number of nitrogens with one attached hydrogen (secondary N) is 1. The van der Waals surface area contributed by atoms with Gasteiger partial charge in [-0.2, -0.15) is 0 Å². The lowest BCUT2D eigenvalue weighted by molar-refractivity contribution is 0.590. The molecule has 0 saturated heterocycles. The van der Waals surface area contributed by atoms with Gasteiger partial charge < -0.3 is 5.32 Å². The highest BCUT2D eigenvalue weighted by molar-refractivity contribution is 7.89. The van der Waals surface area contributed by atoms with Gasteiger partial charge in [-0.15, -0.1) is 0 Å². The topological polar surface area (TPSA) is 51.1 Å². The van der Waals surface area contributed by atoms with Gasteiger partial charge in [0, 0.05) is 18.4 Å². The Kier molecular flexibility index (Phi) is 2.54. The molecule has 1 heterocycles. The highest BCUT2D eigenvalue weighted by atomic mass is 32.2. The van der Waals surface area contributed by atoms with E-state index in [2.05, 4.69) is 5.32 Å². The predicted octanol–water partition coefficient (Wildman–Crippen LogP) is 0.0152. The van der Waals surface area contributed by atoms with E-state index in [1.165, 1.54) is 10.2 Å². The lowest BCUT2D eigenvalue weighted by Gasteiger charge is -2.04. The molecule has 0 bridgehead atoms. The summed E-state index contributed by atoms with van der Waals surface area (Å²) in [4.78, 5) is 0. The first-order valence-electron chi connectivity index (χ1n) is 3.57. The van der Waals surface area contributed by atoms with E-state index >= 15 is 0 Å². The van der Waals surface area contributed by atoms with Crippen molar-refractivity contribution in [2.75, 3.05) is 13.3 Å². The van der Waals surface area contributed by atoms with E-state index in [9.17, 15) is 8.42 Å². The van der Waals surface area contributed by atoms with Gasteiger partial charge in [0.1, 0.15) is 0 Å². The molecule has 0 saturated carbocycles. The molecule has 0 radical (unpaired) electrons. The second-order valence-corrected chi connectivity index (χ2v) is 4.45. The molecule has 5 heteroatoms. The molecule has 0 amide bonds. The first-order chi connectivity index (χ1) is 5.55. The van der Waals surface area contributed by atoms with Crippen molar-refractivity contribution < 1.29 is 8.42 Å². The number of hydrogen-bond donors (Lipinski definition) is 1. The second kappa shape index (κ2) is 3.28. The Bertz CT molecular complexity index is 353. The number of nitrogens with zero attached hydrogens (tertiary/aromatic N) is 1. The van der Waals surface area contributed by atoms with Crippen LogP contribution in [0.1, 0.15) is 5.69 Å². The predicted molar refractivity (Wildman–Crippen MR) is 47.4 cm³/mol. The summed E-state index contributed by atoms with van der Waals surface area (Å²) in [6.07, 6.45) is 2.73. The van der Waals surface area contributed by atoms with Crippen molar-refractivity contribution in [1.82, 2.24) is 9.29 Å². The molecule has 1 aromatic rings. The van der Waals surface area contributed by atoms with Crippen LogP contribution in [0.15, 0.2) is 18.3 Å². The SMILES string of the molecule is CNCc1cccn1S(C)(=O)=O. The average molecular weight is 188 g/mol. The molecule has 0 unspecified atom stereocenters. The van der Waals surface area contributed by atoms with Crippen LogP contribution >= 0.6 is 0 Å². The maximum atomic E-state index is 11.1. The lowest BCUT2D eigenvalue weighted by atomic mass is 10.4. The fraction of sp³-hybridized carbons (Fsp3) is 0.429. The fourth-order valence-electron chi connectivity index (χ4n) is 1.04. The summed E-state index contributed by atoms with van der Waals surface area (Å²) < 4.78 is 23.5. The number of aromatic nitrogens is 1. The maximum Gasteiger partial charge on any atom is 0.235 e. The van der Waals surface area contributed by atoms with E-state index < -0.39 is 10.0 Å². The quantitative estimate of drug-likeness (QED) is 0.727. The third-order valence-corrected chi connectivity index (χ3v) is 2.58. The zero-order valence-electron chi connectivity index (χ0n) is 7.11. The molecule has 4 nitrogen and oxygen atoms in total. The third-order valence-electron chi connectivity index (χ3n) is 1.51. The maximum absolute atomic E-state index is 11.1. The van der Waals surface area contributed by atoms with Crippen LogP contribution in [0.2, 0.25) is 0 Å². The molecule has 68 valence electrons. The molecular formula is C7H12N2O2S. The van der Waals surface area contributed by atoms with Crippen molar-refractivity contribution in [3.05, 3.63) is 24.0 Å². The highest BCUT2D eigenvalue weighted by Gasteiger charge is 2.08. The van der Waals surface area contributed by atoms with Gasteiger partial charge in [-0.3, -0.25) is 0 Å². The molecule has 0 aliphatic carbocycles. The summed E-state index contributed by atoms with van der Waals surface area (Å²) in [5, 5.41) is 2.90. The van der Waals surface area contributed by atoms with E-state index in [1.54, 1.807) is 25.4 Å². The Balaban J connectivity index is 3.08. The monoisotopic (exact) mass is 188 g/mol. The molecule has 1 rings (SSSR count). The minimum absolute atomic E-state index is 0.556. The Hall–Kier alpha value is -0.810. The van der Waals surface area contributed by atoms with Gasteiger partial charge in [0.05, 0.1) is 6.26 Å². The third kappa shape index (κ3) is 1.86.